The lowest BCUT2D eigenvalue weighted by Gasteiger charge is -2.46. The number of nitrogens with zero attached hydrogens (tertiary/aromatic N) is 3. The van der Waals surface area contributed by atoms with Gasteiger partial charge >= 0.3 is 0 Å². The third kappa shape index (κ3) is 4.60. The molecule has 158 valence electrons. The van der Waals surface area contributed by atoms with E-state index in [0.29, 0.717) is 50.9 Å². The van der Waals surface area contributed by atoms with Crippen LogP contribution in [0.25, 0.3) is 0 Å². The molecule has 0 N–H and O–H groups in total. The Kier molecular flexibility index (Phi) is 5.87. The van der Waals surface area contributed by atoms with Gasteiger partial charge in [-0.2, -0.15) is 0 Å². The zero-order valence-electron chi connectivity index (χ0n) is 17.3. The zero-order chi connectivity index (χ0) is 20.6. The Balaban J connectivity index is 1.36. The number of carbonyl (C=O) groups is 2. The molecular weight excluding hydrogens is 390 g/mol. The monoisotopic (exact) mass is 419 g/mol. The molecular formula is C22H30ClN3O3. The number of carbonyl (C=O) groups excluding carboxylic acids is 2. The van der Waals surface area contributed by atoms with E-state index in [1.54, 1.807) is 0 Å². The molecule has 7 heteroatoms. The Bertz CT molecular complexity index is 772. The van der Waals surface area contributed by atoms with Crippen molar-refractivity contribution < 1.29 is 14.3 Å². The van der Waals surface area contributed by atoms with Crippen LogP contribution >= 0.6 is 11.6 Å². The fraction of sp³-hybridized carbons (Fsp3) is 0.636. The number of rotatable bonds is 4. The van der Waals surface area contributed by atoms with E-state index in [1.807, 2.05) is 34.1 Å². The lowest BCUT2D eigenvalue weighted by atomic mass is 9.98. The van der Waals surface area contributed by atoms with Crippen molar-refractivity contribution in [3.8, 4) is 0 Å². The first-order chi connectivity index (χ1) is 13.8. The Morgan fingerprint density at radius 2 is 1.76 bits per heavy atom. The molecule has 1 aromatic rings. The van der Waals surface area contributed by atoms with Gasteiger partial charge in [-0.15, -0.1) is 0 Å². The minimum absolute atomic E-state index is 0.122. The van der Waals surface area contributed by atoms with Gasteiger partial charge in [0.2, 0.25) is 11.8 Å². The van der Waals surface area contributed by atoms with Gasteiger partial charge in [0.05, 0.1) is 19.3 Å². The molecule has 4 rings (SSSR count). The number of hydrogen-bond acceptors (Lipinski definition) is 4. The van der Waals surface area contributed by atoms with E-state index in [9.17, 15) is 9.59 Å². The summed E-state index contributed by atoms with van der Waals surface area (Å²) in [6.45, 7) is 8.28. The molecule has 1 unspecified atom stereocenters. The third-order valence-corrected chi connectivity index (χ3v) is 6.67. The predicted molar refractivity (Wildman–Crippen MR) is 112 cm³/mol. The highest BCUT2D eigenvalue weighted by Crippen LogP contribution is 2.34. The minimum atomic E-state index is -0.225. The van der Waals surface area contributed by atoms with Crippen molar-refractivity contribution in [3.05, 3.63) is 34.9 Å². The molecule has 3 fully saturated rings. The first-order valence-electron chi connectivity index (χ1n) is 10.5. The minimum Gasteiger partial charge on any atom is -0.370 e. The highest BCUT2D eigenvalue weighted by atomic mass is 35.5. The first kappa shape index (κ1) is 20.6. The second-order valence-electron chi connectivity index (χ2n) is 8.99. The molecule has 1 aromatic carbocycles. The molecule has 0 spiro atoms. The van der Waals surface area contributed by atoms with Gasteiger partial charge < -0.3 is 14.5 Å². The summed E-state index contributed by atoms with van der Waals surface area (Å²) in [5, 5.41) is 0.694. The molecule has 2 heterocycles. The highest BCUT2D eigenvalue weighted by molar-refractivity contribution is 6.31. The van der Waals surface area contributed by atoms with Crippen LogP contribution in [0.1, 0.15) is 38.4 Å². The quantitative estimate of drug-likeness (QED) is 0.752. The summed E-state index contributed by atoms with van der Waals surface area (Å²) in [4.78, 5) is 31.3. The fourth-order valence-corrected chi connectivity index (χ4v) is 4.38. The van der Waals surface area contributed by atoms with Crippen LogP contribution in [0.3, 0.4) is 0 Å². The average Bonchev–Trinajstić information content (AvgIpc) is 3.55. The van der Waals surface area contributed by atoms with E-state index in [1.165, 1.54) is 0 Å². The molecule has 1 saturated carbocycles. The maximum Gasteiger partial charge on any atom is 0.236 e. The Labute approximate surface area is 177 Å². The topological polar surface area (TPSA) is 53.1 Å². The molecule has 6 nitrogen and oxygen atoms in total. The van der Waals surface area contributed by atoms with Crippen molar-refractivity contribution in [2.45, 2.75) is 38.3 Å². The van der Waals surface area contributed by atoms with Gasteiger partial charge in [0.25, 0.3) is 0 Å². The SMILES string of the molecule is CC1(C)COC(c2ccccc2Cl)CN1CC(=O)N1CCN(C(=O)C2CC2)CC1. The molecule has 1 atom stereocenters. The second kappa shape index (κ2) is 8.25. The molecule has 1 aliphatic carbocycles. The summed E-state index contributed by atoms with van der Waals surface area (Å²) < 4.78 is 6.09. The molecule has 0 aromatic heterocycles. The zero-order valence-corrected chi connectivity index (χ0v) is 18.0. The summed E-state index contributed by atoms with van der Waals surface area (Å²) >= 11 is 6.36. The third-order valence-electron chi connectivity index (χ3n) is 6.33. The summed E-state index contributed by atoms with van der Waals surface area (Å²) in [5.41, 5.74) is 0.742. The number of halogens is 1. The van der Waals surface area contributed by atoms with Crippen LogP contribution in [0.2, 0.25) is 5.02 Å². The van der Waals surface area contributed by atoms with Crippen LogP contribution in [0.15, 0.2) is 24.3 Å². The standard InChI is InChI=1S/C22H30ClN3O3/c1-22(2)15-29-19(17-5-3-4-6-18(17)23)13-26(22)14-20(27)24-9-11-25(12-10-24)21(28)16-7-8-16/h3-6,16,19H,7-15H2,1-2H3. The van der Waals surface area contributed by atoms with Gasteiger partial charge in [-0.05, 0) is 32.8 Å². The average molecular weight is 420 g/mol. The lowest BCUT2D eigenvalue weighted by Crippen LogP contribution is -2.58. The first-order valence-corrected chi connectivity index (χ1v) is 10.9. The fourth-order valence-electron chi connectivity index (χ4n) is 4.13. The number of benzene rings is 1. The number of amides is 2. The summed E-state index contributed by atoms with van der Waals surface area (Å²) in [6, 6.07) is 7.73. The van der Waals surface area contributed by atoms with Crippen molar-refractivity contribution in [1.29, 1.82) is 0 Å². The van der Waals surface area contributed by atoms with Gasteiger partial charge in [-0.3, -0.25) is 14.5 Å². The summed E-state index contributed by atoms with van der Waals surface area (Å²) in [6.07, 6.45) is 1.91. The number of hydrogen-bond donors (Lipinski definition) is 0. The largest absolute Gasteiger partial charge is 0.370 e. The van der Waals surface area contributed by atoms with Crippen molar-refractivity contribution >= 4 is 23.4 Å². The van der Waals surface area contributed by atoms with Crippen molar-refractivity contribution in [2.75, 3.05) is 45.9 Å². The maximum atomic E-state index is 13.0. The van der Waals surface area contributed by atoms with Crippen LogP contribution < -0.4 is 0 Å². The Morgan fingerprint density at radius 1 is 1.10 bits per heavy atom. The summed E-state index contributed by atoms with van der Waals surface area (Å²) in [7, 11) is 0. The van der Waals surface area contributed by atoms with E-state index in [-0.39, 0.29) is 29.4 Å². The predicted octanol–water partition coefficient (Wildman–Crippen LogP) is 2.57. The lowest BCUT2D eigenvalue weighted by molar-refractivity contribution is -0.146. The van der Waals surface area contributed by atoms with E-state index < -0.39 is 0 Å². The highest BCUT2D eigenvalue weighted by Gasteiger charge is 2.39. The van der Waals surface area contributed by atoms with E-state index in [4.69, 9.17) is 16.3 Å². The number of ether oxygens (including phenoxy) is 1. The van der Waals surface area contributed by atoms with Crippen LogP contribution in [-0.4, -0.2) is 77.9 Å². The second-order valence-corrected chi connectivity index (χ2v) is 9.40. The van der Waals surface area contributed by atoms with Gasteiger partial charge in [0, 0.05) is 54.8 Å². The number of morpholine rings is 1. The van der Waals surface area contributed by atoms with Crippen molar-refractivity contribution in [1.82, 2.24) is 14.7 Å². The van der Waals surface area contributed by atoms with Gasteiger partial charge in [0.1, 0.15) is 0 Å². The smallest absolute Gasteiger partial charge is 0.236 e. The van der Waals surface area contributed by atoms with Gasteiger partial charge in [0.15, 0.2) is 0 Å². The summed E-state index contributed by atoms with van der Waals surface area (Å²) in [5.74, 6) is 0.638. The van der Waals surface area contributed by atoms with E-state index in [0.717, 1.165) is 18.4 Å². The van der Waals surface area contributed by atoms with E-state index in [2.05, 4.69) is 18.7 Å². The van der Waals surface area contributed by atoms with Crippen molar-refractivity contribution in [3.63, 3.8) is 0 Å². The van der Waals surface area contributed by atoms with Crippen LogP contribution in [0.4, 0.5) is 0 Å². The normalized spacial score (nSPS) is 25.1. The van der Waals surface area contributed by atoms with Crippen molar-refractivity contribution in [2.24, 2.45) is 5.92 Å². The molecule has 2 amide bonds. The molecule has 3 aliphatic rings. The van der Waals surface area contributed by atoms with Crippen LogP contribution in [0.5, 0.6) is 0 Å². The molecule has 0 bridgehead atoms. The molecule has 0 radical (unpaired) electrons. The van der Waals surface area contributed by atoms with Crippen LogP contribution in [-0.2, 0) is 14.3 Å². The maximum absolute atomic E-state index is 13.0. The van der Waals surface area contributed by atoms with E-state index >= 15 is 0 Å². The Hall–Kier alpha value is -1.63. The van der Waals surface area contributed by atoms with Gasteiger partial charge in [-0.1, -0.05) is 29.8 Å². The molecule has 2 saturated heterocycles. The van der Waals surface area contributed by atoms with Crippen LogP contribution in [0, 0.1) is 5.92 Å². The van der Waals surface area contributed by atoms with Gasteiger partial charge in [-0.25, -0.2) is 0 Å². The molecule has 29 heavy (non-hydrogen) atoms. The molecule has 2 aliphatic heterocycles. The Morgan fingerprint density at radius 3 is 2.41 bits per heavy atom. The number of piperazine rings is 1.